The van der Waals surface area contributed by atoms with Crippen molar-refractivity contribution in [3.63, 3.8) is 0 Å². The molecule has 3 nitrogen and oxygen atoms in total. The molecule has 0 aliphatic heterocycles. The van der Waals surface area contributed by atoms with E-state index in [1.807, 2.05) is 6.92 Å². The van der Waals surface area contributed by atoms with Crippen LogP contribution < -0.4 is 11.1 Å². The lowest BCUT2D eigenvalue weighted by atomic mass is 10.0. The maximum Gasteiger partial charge on any atom is 0.288 e. The van der Waals surface area contributed by atoms with Crippen molar-refractivity contribution in [2.24, 2.45) is 11.7 Å². The Bertz CT molecular complexity index is 415. The number of alkyl halides is 2. The van der Waals surface area contributed by atoms with Crippen LogP contribution in [0, 0.1) is 5.92 Å². The first kappa shape index (κ1) is 15.9. The number of carbonyl (C=O) groups excluding carboxylic acids is 1. The van der Waals surface area contributed by atoms with E-state index in [-0.39, 0.29) is 18.4 Å². The summed E-state index contributed by atoms with van der Waals surface area (Å²) in [5.41, 5.74) is 5.96. The van der Waals surface area contributed by atoms with Gasteiger partial charge in [-0.15, -0.1) is 0 Å². The molecular weight excluding hydrogens is 270 g/mol. The molecule has 0 saturated heterocycles. The molecule has 0 aliphatic rings. The molecule has 1 atom stereocenters. The number of nitrogens with two attached hydrogens (primary N) is 1. The second-order valence-electron chi connectivity index (χ2n) is 4.09. The van der Waals surface area contributed by atoms with Gasteiger partial charge >= 0.3 is 0 Å². The van der Waals surface area contributed by atoms with E-state index in [2.05, 4.69) is 5.32 Å². The Morgan fingerprint density at radius 2 is 2.11 bits per heavy atom. The van der Waals surface area contributed by atoms with E-state index in [1.165, 1.54) is 0 Å². The monoisotopic (exact) mass is 288 g/mol. The van der Waals surface area contributed by atoms with Crippen LogP contribution in [-0.2, 0) is 4.79 Å². The molecule has 1 rings (SSSR count). The summed E-state index contributed by atoms with van der Waals surface area (Å²) in [7, 11) is 0. The van der Waals surface area contributed by atoms with Crippen molar-refractivity contribution < 1.29 is 13.6 Å². The van der Waals surface area contributed by atoms with Crippen LogP contribution in [0.2, 0.25) is 0 Å². The number of para-hydroxylation sites is 1. The Balaban J connectivity index is 2.78. The molecule has 1 aromatic carbocycles. The first-order chi connectivity index (χ1) is 9.08. The van der Waals surface area contributed by atoms with Gasteiger partial charge in [-0.3, -0.25) is 4.79 Å². The molecule has 0 aromatic heterocycles. The van der Waals surface area contributed by atoms with Gasteiger partial charge in [0.2, 0.25) is 5.91 Å². The summed E-state index contributed by atoms with van der Waals surface area (Å²) in [6, 6.07) is 6.53. The van der Waals surface area contributed by atoms with E-state index in [1.54, 1.807) is 24.3 Å². The highest BCUT2D eigenvalue weighted by Gasteiger charge is 2.18. The Labute approximate surface area is 115 Å². The zero-order valence-electron chi connectivity index (χ0n) is 10.7. The number of halogens is 2. The summed E-state index contributed by atoms with van der Waals surface area (Å²) in [4.78, 5) is 12.3. The lowest BCUT2D eigenvalue weighted by Crippen LogP contribution is -2.29. The molecule has 0 fully saturated rings. The minimum atomic E-state index is -2.51. The second kappa shape index (κ2) is 8.12. The summed E-state index contributed by atoms with van der Waals surface area (Å²) >= 11 is 0.420. The maximum atomic E-state index is 12.4. The van der Waals surface area contributed by atoms with Gasteiger partial charge in [-0.25, -0.2) is 0 Å². The van der Waals surface area contributed by atoms with Crippen molar-refractivity contribution in [2.75, 3.05) is 11.9 Å². The molecule has 1 aromatic rings. The van der Waals surface area contributed by atoms with Crippen LogP contribution in [0.15, 0.2) is 29.2 Å². The summed E-state index contributed by atoms with van der Waals surface area (Å²) in [6.45, 7) is 2.22. The zero-order valence-corrected chi connectivity index (χ0v) is 11.6. The summed E-state index contributed by atoms with van der Waals surface area (Å²) in [5, 5.41) is 2.68. The van der Waals surface area contributed by atoms with Crippen molar-refractivity contribution in [1.82, 2.24) is 0 Å². The quantitative estimate of drug-likeness (QED) is 0.757. The Morgan fingerprint density at radius 3 is 2.68 bits per heavy atom. The maximum absolute atomic E-state index is 12.4. The predicted octanol–water partition coefficient (Wildman–Crippen LogP) is 3.31. The van der Waals surface area contributed by atoms with E-state index < -0.39 is 5.76 Å². The molecule has 0 heterocycles. The highest BCUT2D eigenvalue weighted by molar-refractivity contribution is 7.99. The van der Waals surface area contributed by atoms with Crippen LogP contribution in [0.5, 0.6) is 0 Å². The SMILES string of the molecule is CCCC(CN)C(=O)Nc1ccccc1SC(F)F. The number of hydrogen-bond acceptors (Lipinski definition) is 3. The molecule has 1 amide bonds. The Kier molecular flexibility index (Phi) is 6.80. The summed E-state index contributed by atoms with van der Waals surface area (Å²) in [5.74, 6) is -3.01. The molecule has 0 saturated carbocycles. The normalized spacial score (nSPS) is 12.5. The Morgan fingerprint density at radius 1 is 1.42 bits per heavy atom. The van der Waals surface area contributed by atoms with Crippen molar-refractivity contribution in [2.45, 2.75) is 30.4 Å². The van der Waals surface area contributed by atoms with Gasteiger partial charge in [-0.1, -0.05) is 37.2 Å². The highest BCUT2D eigenvalue weighted by Crippen LogP contribution is 2.31. The molecule has 0 radical (unpaired) electrons. The zero-order chi connectivity index (χ0) is 14.3. The predicted molar refractivity (Wildman–Crippen MR) is 74.4 cm³/mol. The topological polar surface area (TPSA) is 55.1 Å². The highest BCUT2D eigenvalue weighted by atomic mass is 32.2. The van der Waals surface area contributed by atoms with Gasteiger partial charge in [0.05, 0.1) is 11.6 Å². The lowest BCUT2D eigenvalue weighted by molar-refractivity contribution is -0.119. The van der Waals surface area contributed by atoms with Crippen LogP contribution in [0.1, 0.15) is 19.8 Å². The lowest BCUT2D eigenvalue weighted by Gasteiger charge is -2.15. The third-order valence-electron chi connectivity index (χ3n) is 2.65. The third-order valence-corrected chi connectivity index (χ3v) is 3.44. The first-order valence-corrected chi connectivity index (χ1v) is 7.01. The van der Waals surface area contributed by atoms with Crippen molar-refractivity contribution in [3.8, 4) is 0 Å². The molecule has 1 unspecified atom stereocenters. The average molecular weight is 288 g/mol. The minimum Gasteiger partial charge on any atom is -0.330 e. The van der Waals surface area contributed by atoms with E-state index >= 15 is 0 Å². The standard InChI is InChI=1S/C13H18F2N2OS/c1-2-5-9(8-16)12(18)17-10-6-3-4-7-11(10)19-13(14)15/h3-4,6-7,9,13H,2,5,8,16H2,1H3,(H,17,18). The minimum absolute atomic E-state index is 0.216. The number of anilines is 1. The summed E-state index contributed by atoms with van der Waals surface area (Å²) in [6.07, 6.45) is 1.54. The number of benzene rings is 1. The van der Waals surface area contributed by atoms with E-state index in [0.29, 0.717) is 28.8 Å². The van der Waals surface area contributed by atoms with Gasteiger partial charge in [-0.05, 0) is 18.6 Å². The fraction of sp³-hybridized carbons (Fsp3) is 0.462. The van der Waals surface area contributed by atoms with E-state index in [0.717, 1.165) is 6.42 Å². The number of carbonyl (C=O) groups is 1. The average Bonchev–Trinajstić information content (AvgIpc) is 2.37. The first-order valence-electron chi connectivity index (χ1n) is 6.13. The molecule has 3 N–H and O–H groups in total. The molecule has 19 heavy (non-hydrogen) atoms. The smallest absolute Gasteiger partial charge is 0.288 e. The molecule has 0 aliphatic carbocycles. The van der Waals surface area contributed by atoms with E-state index in [4.69, 9.17) is 5.73 Å². The van der Waals surface area contributed by atoms with Crippen LogP contribution >= 0.6 is 11.8 Å². The summed E-state index contributed by atoms with van der Waals surface area (Å²) < 4.78 is 24.8. The van der Waals surface area contributed by atoms with Gasteiger partial charge in [-0.2, -0.15) is 8.78 Å². The van der Waals surface area contributed by atoms with Crippen LogP contribution in [0.25, 0.3) is 0 Å². The largest absolute Gasteiger partial charge is 0.330 e. The van der Waals surface area contributed by atoms with Crippen molar-refractivity contribution >= 4 is 23.4 Å². The van der Waals surface area contributed by atoms with Crippen molar-refractivity contribution in [1.29, 1.82) is 0 Å². The molecule has 0 bridgehead atoms. The molecule has 0 spiro atoms. The number of hydrogen-bond donors (Lipinski definition) is 2. The second-order valence-corrected chi connectivity index (χ2v) is 5.12. The molecule has 6 heteroatoms. The van der Waals surface area contributed by atoms with Gasteiger partial charge < -0.3 is 11.1 Å². The Hall–Kier alpha value is -1.14. The van der Waals surface area contributed by atoms with Crippen LogP contribution in [0.3, 0.4) is 0 Å². The number of amides is 1. The van der Waals surface area contributed by atoms with Crippen LogP contribution in [0.4, 0.5) is 14.5 Å². The molecular formula is C13H18F2N2OS. The molecule has 106 valence electrons. The van der Waals surface area contributed by atoms with Gasteiger partial charge in [0.1, 0.15) is 0 Å². The number of nitrogens with one attached hydrogen (secondary N) is 1. The van der Waals surface area contributed by atoms with Gasteiger partial charge in [0.25, 0.3) is 5.76 Å². The van der Waals surface area contributed by atoms with Crippen LogP contribution in [-0.4, -0.2) is 18.2 Å². The number of thioether (sulfide) groups is 1. The van der Waals surface area contributed by atoms with E-state index in [9.17, 15) is 13.6 Å². The number of rotatable bonds is 7. The fourth-order valence-electron chi connectivity index (χ4n) is 1.71. The fourth-order valence-corrected chi connectivity index (χ4v) is 2.30. The van der Waals surface area contributed by atoms with Crippen molar-refractivity contribution in [3.05, 3.63) is 24.3 Å². The van der Waals surface area contributed by atoms with Gasteiger partial charge in [0.15, 0.2) is 0 Å². The third kappa shape index (κ3) is 5.16. The van der Waals surface area contributed by atoms with Gasteiger partial charge in [0, 0.05) is 11.4 Å².